The predicted octanol–water partition coefficient (Wildman–Crippen LogP) is 5.36. The highest BCUT2D eigenvalue weighted by molar-refractivity contribution is 7.09. The summed E-state index contributed by atoms with van der Waals surface area (Å²) < 4.78 is 62.5. The van der Waals surface area contributed by atoms with Crippen molar-refractivity contribution in [2.75, 3.05) is 40.5 Å². The van der Waals surface area contributed by atoms with Gasteiger partial charge in [-0.3, -0.25) is 9.69 Å². The van der Waals surface area contributed by atoms with Crippen LogP contribution in [0.2, 0.25) is 0 Å². The normalized spacial score (nSPS) is 16.9. The third kappa shape index (κ3) is 7.00. The van der Waals surface area contributed by atoms with Gasteiger partial charge in [-0.25, -0.2) is 4.98 Å². The maximum absolute atomic E-state index is 13.4. The predicted molar refractivity (Wildman–Crippen MR) is 146 cm³/mol. The summed E-state index contributed by atoms with van der Waals surface area (Å²) in [7, 11) is 3.12. The molecule has 0 radical (unpaired) electrons. The Bertz CT molecular complexity index is 1350. The Balaban J connectivity index is 1.33. The van der Waals surface area contributed by atoms with E-state index < -0.39 is 17.5 Å². The number of halogens is 3. The Morgan fingerprint density at radius 1 is 1.05 bits per heavy atom. The molecule has 2 aliphatic heterocycles. The van der Waals surface area contributed by atoms with Crippen molar-refractivity contribution >= 4 is 17.2 Å². The van der Waals surface area contributed by atoms with E-state index in [9.17, 15) is 18.0 Å². The lowest BCUT2D eigenvalue weighted by Crippen LogP contribution is -2.47. The van der Waals surface area contributed by atoms with E-state index in [-0.39, 0.29) is 12.5 Å². The quantitative estimate of drug-likeness (QED) is 0.332. The van der Waals surface area contributed by atoms with Crippen molar-refractivity contribution in [3.63, 3.8) is 0 Å². The second-order valence-corrected chi connectivity index (χ2v) is 11.0. The molecule has 3 aromatic rings. The summed E-state index contributed by atoms with van der Waals surface area (Å²) in [5.74, 6) is 0.511. The van der Waals surface area contributed by atoms with Crippen LogP contribution in [0.4, 0.5) is 13.2 Å². The van der Waals surface area contributed by atoms with Gasteiger partial charge in [-0.05, 0) is 17.7 Å². The highest BCUT2D eigenvalue weighted by atomic mass is 32.1. The third-order valence-corrected chi connectivity index (χ3v) is 8.14. The van der Waals surface area contributed by atoms with Gasteiger partial charge in [0.05, 0.1) is 39.5 Å². The van der Waals surface area contributed by atoms with Crippen LogP contribution in [0.1, 0.15) is 45.0 Å². The van der Waals surface area contributed by atoms with Gasteiger partial charge < -0.3 is 23.8 Å². The van der Waals surface area contributed by atoms with Crippen LogP contribution in [0, 0.1) is 0 Å². The van der Waals surface area contributed by atoms with Gasteiger partial charge in [0.2, 0.25) is 0 Å². The minimum Gasteiger partial charge on any atom is -0.497 e. The molecule has 1 amide bonds. The summed E-state index contributed by atoms with van der Waals surface area (Å²) in [6, 6.07) is 10.8. The van der Waals surface area contributed by atoms with Gasteiger partial charge in [0.15, 0.2) is 5.79 Å². The smallest absolute Gasteiger partial charge is 0.416 e. The molecular formula is C29H32F3N3O5S. The van der Waals surface area contributed by atoms with E-state index in [2.05, 4.69) is 4.98 Å². The van der Waals surface area contributed by atoms with Gasteiger partial charge in [-0.1, -0.05) is 24.3 Å². The molecule has 5 rings (SSSR count). The Labute approximate surface area is 240 Å². The number of nitrogens with zero attached hydrogens (tertiary/aromatic N) is 3. The molecular weight excluding hydrogens is 559 g/mol. The van der Waals surface area contributed by atoms with Crippen LogP contribution in [-0.2, 0) is 35.3 Å². The molecule has 12 heteroatoms. The third-order valence-electron chi connectivity index (χ3n) is 7.30. The summed E-state index contributed by atoms with van der Waals surface area (Å²) in [4.78, 5) is 21.6. The second kappa shape index (κ2) is 12.4. The van der Waals surface area contributed by atoms with E-state index in [0.717, 1.165) is 17.7 Å². The zero-order valence-electron chi connectivity index (χ0n) is 22.9. The first-order valence-electron chi connectivity index (χ1n) is 13.3. The van der Waals surface area contributed by atoms with Crippen LogP contribution >= 0.6 is 11.3 Å². The number of thiazole rings is 1. The van der Waals surface area contributed by atoms with Gasteiger partial charge in [-0.2, -0.15) is 13.2 Å². The molecule has 2 aromatic carbocycles. The van der Waals surface area contributed by atoms with Gasteiger partial charge in [0.1, 0.15) is 22.2 Å². The zero-order chi connectivity index (χ0) is 29.0. The molecule has 2 aliphatic rings. The first kappa shape index (κ1) is 29.3. The fourth-order valence-electron chi connectivity index (χ4n) is 5.17. The number of amides is 1. The molecule has 2 fully saturated rings. The fraction of sp³-hybridized carbons (Fsp3) is 0.448. The maximum Gasteiger partial charge on any atom is 0.416 e. The number of hydrogen-bond acceptors (Lipinski definition) is 8. The summed E-state index contributed by atoms with van der Waals surface area (Å²) >= 11 is 1.35. The number of aromatic nitrogens is 1. The topological polar surface area (TPSA) is 73.4 Å². The number of rotatable bonds is 9. The van der Waals surface area contributed by atoms with Crippen molar-refractivity contribution < 1.29 is 36.9 Å². The van der Waals surface area contributed by atoms with Gasteiger partial charge in [-0.15, -0.1) is 11.3 Å². The molecule has 2 saturated heterocycles. The first-order valence-corrected chi connectivity index (χ1v) is 14.2. The molecule has 1 aromatic heterocycles. The molecule has 8 nitrogen and oxygen atoms in total. The number of alkyl halides is 3. The summed E-state index contributed by atoms with van der Waals surface area (Å²) in [6.45, 7) is 3.12. The van der Waals surface area contributed by atoms with Crippen molar-refractivity contribution in [2.45, 2.75) is 44.4 Å². The van der Waals surface area contributed by atoms with Crippen molar-refractivity contribution in [1.29, 1.82) is 0 Å². The number of ether oxygens (including phenoxy) is 4. The molecule has 220 valence electrons. The summed E-state index contributed by atoms with van der Waals surface area (Å²) in [5, 5.41) is 2.42. The second-order valence-electron chi connectivity index (χ2n) is 10.0. The van der Waals surface area contributed by atoms with Crippen LogP contribution in [0.25, 0.3) is 0 Å². The number of hydrogen-bond donors (Lipinski definition) is 0. The van der Waals surface area contributed by atoms with Crippen LogP contribution in [0.5, 0.6) is 11.5 Å². The maximum atomic E-state index is 13.4. The van der Waals surface area contributed by atoms with Crippen LogP contribution in [0.15, 0.2) is 47.8 Å². The fourth-order valence-corrected chi connectivity index (χ4v) is 5.98. The van der Waals surface area contributed by atoms with Crippen molar-refractivity contribution in [2.24, 2.45) is 0 Å². The van der Waals surface area contributed by atoms with E-state index in [1.54, 1.807) is 36.6 Å². The molecule has 0 atom stereocenters. The Morgan fingerprint density at radius 2 is 1.80 bits per heavy atom. The number of methoxy groups -OCH3 is 2. The van der Waals surface area contributed by atoms with E-state index >= 15 is 0 Å². The lowest BCUT2D eigenvalue weighted by Gasteiger charge is -2.37. The molecule has 0 bridgehead atoms. The van der Waals surface area contributed by atoms with E-state index in [1.165, 1.54) is 17.4 Å². The Kier molecular flexibility index (Phi) is 8.83. The number of carbonyl (C=O) groups is 1. The molecule has 0 N–H and O–H groups in total. The zero-order valence-corrected chi connectivity index (χ0v) is 23.7. The molecule has 3 heterocycles. The Morgan fingerprint density at radius 3 is 2.49 bits per heavy atom. The van der Waals surface area contributed by atoms with Crippen LogP contribution in [0.3, 0.4) is 0 Å². The van der Waals surface area contributed by atoms with Crippen molar-refractivity contribution in [1.82, 2.24) is 14.8 Å². The lowest BCUT2D eigenvalue weighted by atomic mass is 10.0. The SMILES string of the molecule is COc1ccc(CN(Cc2cccc(C(F)(F)F)c2)Cc2nc(C(=O)N3CCC4(CC3)OCCO4)cs2)c(OC)c1. The minimum atomic E-state index is -4.44. The molecule has 1 spiro atoms. The minimum absolute atomic E-state index is 0.151. The standard InChI is InChI=1S/C29H32F3N3O5S/c1-37-23-7-6-21(25(15-23)38-2)17-34(16-20-4-3-5-22(14-20)29(30,31)32)18-26-33-24(19-41-26)27(36)35-10-8-28(9-11-35)39-12-13-40-28/h3-7,14-15,19H,8-13,16-18H2,1-2H3. The van der Waals surface area contributed by atoms with Crippen molar-refractivity contribution in [3.05, 3.63) is 75.2 Å². The summed E-state index contributed by atoms with van der Waals surface area (Å²) in [6.07, 6.45) is -3.21. The highest BCUT2D eigenvalue weighted by Gasteiger charge is 2.41. The largest absolute Gasteiger partial charge is 0.497 e. The van der Waals surface area contributed by atoms with Gasteiger partial charge >= 0.3 is 6.18 Å². The Hall–Kier alpha value is -3.19. The molecule has 41 heavy (non-hydrogen) atoms. The average Bonchev–Trinajstić information content (AvgIpc) is 3.63. The van der Waals surface area contributed by atoms with Gasteiger partial charge in [0.25, 0.3) is 5.91 Å². The monoisotopic (exact) mass is 591 g/mol. The number of piperidine rings is 1. The highest BCUT2D eigenvalue weighted by Crippen LogP contribution is 2.33. The lowest BCUT2D eigenvalue weighted by molar-refractivity contribution is -0.181. The van der Waals surface area contributed by atoms with E-state index in [4.69, 9.17) is 18.9 Å². The van der Waals surface area contributed by atoms with E-state index in [1.807, 2.05) is 17.0 Å². The molecule has 0 aliphatic carbocycles. The first-order chi connectivity index (χ1) is 19.7. The van der Waals surface area contributed by atoms with Gasteiger partial charge in [0, 0.05) is 56.0 Å². The number of likely N-dealkylation sites (tertiary alicyclic amines) is 1. The van der Waals surface area contributed by atoms with Crippen molar-refractivity contribution in [3.8, 4) is 11.5 Å². The summed E-state index contributed by atoms with van der Waals surface area (Å²) in [5.41, 5.74) is 1.01. The molecule has 0 saturated carbocycles. The molecule has 0 unspecified atom stereocenters. The number of benzene rings is 2. The number of carbonyl (C=O) groups excluding carboxylic acids is 1. The van der Waals surface area contributed by atoms with Crippen LogP contribution < -0.4 is 9.47 Å². The van der Waals surface area contributed by atoms with E-state index in [0.29, 0.717) is 80.0 Å². The average molecular weight is 592 g/mol. The van der Waals surface area contributed by atoms with Crippen LogP contribution in [-0.4, -0.2) is 67.0 Å².